The third-order valence-electron chi connectivity index (χ3n) is 3.33. The van der Waals surface area contributed by atoms with E-state index in [0.29, 0.717) is 16.4 Å². The molecule has 0 amide bonds. The predicted molar refractivity (Wildman–Crippen MR) is 74.5 cm³/mol. The number of allylic oxidation sites excluding steroid dienone is 2. The Kier molecular flexibility index (Phi) is 2.86. The van der Waals surface area contributed by atoms with Crippen LogP contribution in [0.5, 0.6) is 0 Å². The van der Waals surface area contributed by atoms with Crippen LogP contribution in [0.15, 0.2) is 24.3 Å². The highest BCUT2D eigenvalue weighted by atomic mass is 35.5. The molecule has 3 rings (SSSR count). The van der Waals surface area contributed by atoms with E-state index in [1.54, 1.807) is 6.07 Å². The van der Waals surface area contributed by atoms with E-state index in [4.69, 9.17) is 11.6 Å². The molecule has 2 nitrogen and oxygen atoms in total. The van der Waals surface area contributed by atoms with Gasteiger partial charge in [0.15, 0.2) is 5.82 Å². The first-order valence-electron chi connectivity index (χ1n) is 6.06. The molecule has 0 radical (unpaired) electrons. The molecule has 0 saturated heterocycles. The van der Waals surface area contributed by atoms with E-state index in [-0.39, 0.29) is 5.82 Å². The van der Waals surface area contributed by atoms with E-state index < -0.39 is 0 Å². The maximum Gasteiger partial charge on any atom is 0.162 e. The monoisotopic (exact) mass is 274 g/mol. The molecule has 1 aromatic heterocycles. The lowest BCUT2D eigenvalue weighted by atomic mass is 10.1. The van der Waals surface area contributed by atoms with Gasteiger partial charge in [-0.05, 0) is 37.6 Å². The first-order valence-corrected chi connectivity index (χ1v) is 6.44. The van der Waals surface area contributed by atoms with Gasteiger partial charge in [-0.2, -0.15) is 0 Å². The minimum atomic E-state index is -0.355. The zero-order valence-corrected chi connectivity index (χ0v) is 11.4. The minimum Gasteiger partial charge on any atom is -0.233 e. The van der Waals surface area contributed by atoms with Gasteiger partial charge in [-0.15, -0.1) is 0 Å². The molecule has 1 heterocycles. The Morgan fingerprint density at radius 3 is 2.79 bits per heavy atom. The van der Waals surface area contributed by atoms with Gasteiger partial charge in [-0.1, -0.05) is 17.7 Å². The van der Waals surface area contributed by atoms with E-state index in [1.165, 1.54) is 17.7 Å². The van der Waals surface area contributed by atoms with Crippen molar-refractivity contribution in [3.8, 4) is 11.4 Å². The SMILES string of the molecule is CC1=CCc2nc(-c3cc(Cl)ccc3F)nc(C)c21. The number of aryl methyl sites for hydroxylation is 1. The van der Waals surface area contributed by atoms with Crippen molar-refractivity contribution in [1.29, 1.82) is 0 Å². The van der Waals surface area contributed by atoms with Gasteiger partial charge in [0.25, 0.3) is 0 Å². The number of halogens is 2. The quantitative estimate of drug-likeness (QED) is 0.779. The number of nitrogens with zero attached hydrogens (tertiary/aromatic N) is 2. The first kappa shape index (κ1) is 12.3. The standard InChI is InChI=1S/C15H12ClFN2/c1-8-3-6-13-14(8)9(2)18-15(19-13)11-7-10(16)4-5-12(11)17/h3-5,7H,6H2,1-2H3. The summed E-state index contributed by atoms with van der Waals surface area (Å²) in [6.45, 7) is 3.97. The van der Waals surface area contributed by atoms with Crippen LogP contribution in [0, 0.1) is 12.7 Å². The lowest BCUT2D eigenvalue weighted by Crippen LogP contribution is -2.01. The van der Waals surface area contributed by atoms with Gasteiger partial charge in [0.2, 0.25) is 0 Å². The summed E-state index contributed by atoms with van der Waals surface area (Å²) < 4.78 is 13.9. The number of benzene rings is 1. The lowest BCUT2D eigenvalue weighted by molar-refractivity contribution is 0.629. The molecule has 0 atom stereocenters. The molecule has 0 unspecified atom stereocenters. The Balaban J connectivity index is 2.19. The maximum absolute atomic E-state index is 13.9. The number of aromatic nitrogens is 2. The second kappa shape index (κ2) is 4.42. The summed E-state index contributed by atoms with van der Waals surface area (Å²) >= 11 is 5.91. The molecule has 0 aliphatic heterocycles. The van der Waals surface area contributed by atoms with Crippen LogP contribution in [0.4, 0.5) is 4.39 Å². The molecule has 96 valence electrons. The van der Waals surface area contributed by atoms with Crippen molar-refractivity contribution in [2.24, 2.45) is 0 Å². The maximum atomic E-state index is 13.9. The predicted octanol–water partition coefficient (Wildman–Crippen LogP) is 4.20. The van der Waals surface area contributed by atoms with Crippen LogP contribution in [0.3, 0.4) is 0 Å². The Bertz CT molecular complexity index is 708. The van der Waals surface area contributed by atoms with E-state index >= 15 is 0 Å². The molecular weight excluding hydrogens is 263 g/mol. The number of fused-ring (bicyclic) bond motifs is 1. The largest absolute Gasteiger partial charge is 0.233 e. The van der Waals surface area contributed by atoms with Crippen LogP contribution in [-0.2, 0) is 6.42 Å². The fourth-order valence-electron chi connectivity index (χ4n) is 2.43. The van der Waals surface area contributed by atoms with Gasteiger partial charge in [-0.3, -0.25) is 0 Å². The molecule has 1 aliphatic rings. The summed E-state index contributed by atoms with van der Waals surface area (Å²) in [4.78, 5) is 8.89. The zero-order chi connectivity index (χ0) is 13.6. The molecule has 1 aromatic carbocycles. The molecule has 1 aliphatic carbocycles. The second-order valence-electron chi connectivity index (χ2n) is 4.67. The smallest absolute Gasteiger partial charge is 0.162 e. The topological polar surface area (TPSA) is 25.8 Å². The lowest BCUT2D eigenvalue weighted by Gasteiger charge is -2.09. The van der Waals surface area contributed by atoms with Crippen molar-refractivity contribution in [1.82, 2.24) is 9.97 Å². The van der Waals surface area contributed by atoms with Gasteiger partial charge < -0.3 is 0 Å². The van der Waals surface area contributed by atoms with Crippen molar-refractivity contribution in [3.05, 3.63) is 52.1 Å². The molecular formula is C15H12ClFN2. The summed E-state index contributed by atoms with van der Waals surface area (Å²) in [5.41, 5.74) is 4.46. The number of hydrogen-bond donors (Lipinski definition) is 0. The van der Waals surface area contributed by atoms with Gasteiger partial charge in [0.05, 0.1) is 11.3 Å². The van der Waals surface area contributed by atoms with Crippen LogP contribution in [0.1, 0.15) is 23.9 Å². The van der Waals surface area contributed by atoms with E-state index in [1.807, 2.05) is 13.8 Å². The summed E-state index contributed by atoms with van der Waals surface area (Å²) in [6.07, 6.45) is 2.89. The van der Waals surface area contributed by atoms with Crippen molar-refractivity contribution < 1.29 is 4.39 Å². The minimum absolute atomic E-state index is 0.350. The Morgan fingerprint density at radius 2 is 2.00 bits per heavy atom. The number of rotatable bonds is 1. The molecule has 0 N–H and O–H groups in total. The van der Waals surface area contributed by atoms with Gasteiger partial charge >= 0.3 is 0 Å². The fourth-order valence-corrected chi connectivity index (χ4v) is 2.61. The third kappa shape index (κ3) is 2.04. The molecule has 0 bridgehead atoms. The van der Waals surface area contributed by atoms with E-state index in [2.05, 4.69) is 16.0 Å². The average Bonchev–Trinajstić information content (AvgIpc) is 2.74. The molecule has 0 saturated carbocycles. The van der Waals surface area contributed by atoms with Crippen LogP contribution >= 0.6 is 11.6 Å². The fraction of sp³-hybridized carbons (Fsp3) is 0.200. The van der Waals surface area contributed by atoms with Crippen molar-refractivity contribution >= 4 is 17.2 Å². The summed E-state index contributed by atoms with van der Waals surface area (Å²) in [5, 5.41) is 0.479. The van der Waals surface area contributed by atoms with Gasteiger partial charge in [0, 0.05) is 22.7 Å². The summed E-state index contributed by atoms with van der Waals surface area (Å²) in [7, 11) is 0. The molecule has 0 spiro atoms. The highest BCUT2D eigenvalue weighted by molar-refractivity contribution is 6.30. The highest BCUT2D eigenvalue weighted by Gasteiger charge is 2.19. The molecule has 4 heteroatoms. The summed E-state index contributed by atoms with van der Waals surface area (Å²) in [6, 6.07) is 4.42. The molecule has 0 fully saturated rings. The Hall–Kier alpha value is -1.74. The van der Waals surface area contributed by atoms with Crippen molar-refractivity contribution in [2.75, 3.05) is 0 Å². The number of hydrogen-bond acceptors (Lipinski definition) is 2. The van der Waals surface area contributed by atoms with Crippen LogP contribution in [-0.4, -0.2) is 9.97 Å². The van der Waals surface area contributed by atoms with Crippen molar-refractivity contribution in [3.63, 3.8) is 0 Å². The van der Waals surface area contributed by atoms with Crippen LogP contribution in [0.25, 0.3) is 17.0 Å². The van der Waals surface area contributed by atoms with Crippen molar-refractivity contribution in [2.45, 2.75) is 20.3 Å². The van der Waals surface area contributed by atoms with Crippen LogP contribution in [0.2, 0.25) is 5.02 Å². The van der Waals surface area contributed by atoms with Gasteiger partial charge in [-0.25, -0.2) is 14.4 Å². The van der Waals surface area contributed by atoms with Gasteiger partial charge in [0.1, 0.15) is 5.82 Å². The Labute approximate surface area is 116 Å². The zero-order valence-electron chi connectivity index (χ0n) is 10.7. The van der Waals surface area contributed by atoms with Crippen LogP contribution < -0.4 is 0 Å². The first-order chi connectivity index (χ1) is 9.06. The normalized spacial score (nSPS) is 13.4. The van der Waals surface area contributed by atoms with E-state index in [9.17, 15) is 4.39 Å². The second-order valence-corrected chi connectivity index (χ2v) is 5.11. The molecule has 19 heavy (non-hydrogen) atoms. The Morgan fingerprint density at radius 1 is 1.21 bits per heavy atom. The third-order valence-corrected chi connectivity index (χ3v) is 3.57. The molecule has 2 aromatic rings. The average molecular weight is 275 g/mol. The highest BCUT2D eigenvalue weighted by Crippen LogP contribution is 2.31. The summed E-state index contributed by atoms with van der Waals surface area (Å²) in [5.74, 6) is 0.0470. The van der Waals surface area contributed by atoms with E-state index in [0.717, 1.165) is 23.4 Å².